The molecule has 0 bridgehead atoms. The Balaban J connectivity index is 0.896. The van der Waals surface area contributed by atoms with Crippen LogP contribution < -0.4 is 24.2 Å². The number of alkyl halides is 6. The molecular weight excluding hydrogens is 943 g/mol. The summed E-state index contributed by atoms with van der Waals surface area (Å²) >= 11 is 0. The Hall–Kier alpha value is -9.46. The van der Waals surface area contributed by atoms with Crippen LogP contribution in [0.15, 0.2) is 158 Å². The Labute approximate surface area is 395 Å². The summed E-state index contributed by atoms with van der Waals surface area (Å²) in [6, 6.07) is 28.0. The zero-order chi connectivity index (χ0) is 50.3. The van der Waals surface area contributed by atoms with Crippen LogP contribution in [0.3, 0.4) is 0 Å². The fraction of sp³-hybridized carbons (Fsp3) is 0.0588. The van der Waals surface area contributed by atoms with Gasteiger partial charge in [0.25, 0.3) is 35.4 Å². The second-order valence-electron chi connectivity index (χ2n) is 16.1. The van der Waals surface area contributed by atoms with E-state index in [2.05, 4.69) is 0 Å². The number of carbonyl (C=O) groups is 6. The highest BCUT2D eigenvalue weighted by Gasteiger charge is 2.73. The van der Waals surface area contributed by atoms with E-state index in [0.29, 0.717) is 57.6 Å². The first-order valence-corrected chi connectivity index (χ1v) is 20.9. The van der Waals surface area contributed by atoms with E-state index >= 15 is 26.3 Å². The van der Waals surface area contributed by atoms with Gasteiger partial charge in [-0.2, -0.15) is 26.3 Å². The number of fused-ring (bicyclic) bond motifs is 2. The molecule has 0 atom stereocenters. The molecule has 354 valence electrons. The summed E-state index contributed by atoms with van der Waals surface area (Å²) in [6.45, 7) is 0. The van der Waals surface area contributed by atoms with Crippen LogP contribution in [-0.4, -0.2) is 62.6 Å². The van der Waals surface area contributed by atoms with Crippen molar-refractivity contribution in [3.63, 3.8) is 0 Å². The molecule has 6 amide bonds. The van der Waals surface area contributed by atoms with Crippen molar-refractivity contribution in [1.82, 2.24) is 4.57 Å². The molecule has 6 aromatic carbocycles. The molecule has 0 spiro atoms. The average Bonchev–Trinajstić information content (AvgIpc) is 4.01. The molecule has 0 aliphatic carbocycles. The zero-order valence-corrected chi connectivity index (χ0v) is 35.7. The van der Waals surface area contributed by atoms with Gasteiger partial charge in [-0.3, -0.25) is 33.3 Å². The lowest BCUT2D eigenvalue weighted by Gasteiger charge is -2.38. The van der Waals surface area contributed by atoms with E-state index in [1.54, 1.807) is 0 Å². The van der Waals surface area contributed by atoms with Gasteiger partial charge in [-0.15, -0.1) is 0 Å². The third kappa shape index (κ3) is 7.30. The van der Waals surface area contributed by atoms with Crippen LogP contribution in [0, 0.1) is 0 Å². The minimum atomic E-state index is -6.19. The molecule has 1 aromatic heterocycles. The van der Waals surface area contributed by atoms with Gasteiger partial charge in [-0.25, -0.2) is 14.7 Å². The number of aromatic nitrogens is 1. The van der Waals surface area contributed by atoms with E-state index in [-0.39, 0.29) is 46.1 Å². The van der Waals surface area contributed by atoms with Crippen molar-refractivity contribution in [2.75, 3.05) is 14.7 Å². The molecule has 7 aromatic rings. The van der Waals surface area contributed by atoms with Crippen LogP contribution >= 0.6 is 0 Å². The number of amides is 6. The molecule has 71 heavy (non-hydrogen) atoms. The fourth-order valence-electron chi connectivity index (χ4n) is 8.66. The molecule has 0 saturated carbocycles. The van der Waals surface area contributed by atoms with E-state index in [1.165, 1.54) is 109 Å². The van der Waals surface area contributed by atoms with Gasteiger partial charge < -0.3 is 19.7 Å². The third-order valence-corrected chi connectivity index (χ3v) is 12.0. The lowest BCUT2D eigenvalue weighted by Crippen LogP contribution is -2.55. The van der Waals surface area contributed by atoms with Crippen LogP contribution in [0.25, 0.3) is 5.69 Å². The quantitative estimate of drug-likeness (QED) is 0.0991. The van der Waals surface area contributed by atoms with Gasteiger partial charge in [-0.1, -0.05) is 12.1 Å². The fourth-order valence-corrected chi connectivity index (χ4v) is 8.66. The lowest BCUT2D eigenvalue weighted by atomic mass is 9.71. The van der Waals surface area contributed by atoms with Crippen LogP contribution in [0.2, 0.25) is 0 Å². The van der Waals surface area contributed by atoms with Gasteiger partial charge in [0, 0.05) is 24.3 Å². The predicted molar refractivity (Wildman–Crippen MR) is 238 cm³/mol. The highest BCUT2D eigenvalue weighted by Crippen LogP contribution is 2.57. The number of aromatic hydroxyl groups is 2. The number of hydrogen-bond donors (Lipinski definition) is 2. The van der Waals surface area contributed by atoms with Crippen LogP contribution in [0.1, 0.15) is 52.6 Å². The second-order valence-corrected chi connectivity index (χ2v) is 16.1. The summed E-state index contributed by atoms with van der Waals surface area (Å²) in [7, 11) is 0. The number of hydrogen-bond acceptors (Lipinski definition) is 10. The molecule has 10 rings (SSSR count). The van der Waals surface area contributed by atoms with Crippen molar-refractivity contribution in [2.45, 2.75) is 17.8 Å². The maximum atomic E-state index is 15.5. The van der Waals surface area contributed by atoms with Gasteiger partial charge in [0.15, 0.2) is 11.8 Å². The SMILES string of the molecule is O=C1C=CC(=O)N1c1ccc(Oc2ccc(N3C(=O)c4ccc(C(c5ccc6c(c5)C(=O)N(c5ccc(Oc7ccc(-n8c(O)ccc8O)cc7)cc5)C6=O)(C(F)(F)F)C(F)(F)F)cc4C3=O)cc2)cc1. The van der Waals surface area contributed by atoms with Gasteiger partial charge in [0.05, 0.1) is 45.0 Å². The largest absolute Gasteiger partial charge is 0.494 e. The van der Waals surface area contributed by atoms with E-state index in [0.717, 1.165) is 21.6 Å². The summed E-state index contributed by atoms with van der Waals surface area (Å²) in [5, 5.41) is 20.0. The second kappa shape index (κ2) is 16.4. The molecule has 3 aliphatic heterocycles. The van der Waals surface area contributed by atoms with Crippen LogP contribution in [-0.2, 0) is 15.0 Å². The molecular formula is C51H28F6N4O10. The van der Waals surface area contributed by atoms with Crippen molar-refractivity contribution in [1.29, 1.82) is 0 Å². The van der Waals surface area contributed by atoms with E-state index < -0.39 is 86.6 Å². The number of ether oxygens (including phenoxy) is 2. The van der Waals surface area contributed by atoms with Crippen LogP contribution in [0.5, 0.6) is 34.8 Å². The summed E-state index contributed by atoms with van der Waals surface area (Å²) < 4.78 is 106. The average molecular weight is 971 g/mol. The first kappa shape index (κ1) is 45.3. The molecule has 3 aliphatic rings. The van der Waals surface area contributed by atoms with Crippen LogP contribution in [0.4, 0.5) is 43.4 Å². The highest BCUT2D eigenvalue weighted by atomic mass is 19.4. The number of imide groups is 3. The molecule has 0 saturated heterocycles. The Morgan fingerprint density at radius 3 is 1.01 bits per heavy atom. The number of anilines is 3. The molecule has 0 fully saturated rings. The highest BCUT2D eigenvalue weighted by molar-refractivity contribution is 6.35. The summed E-state index contributed by atoms with van der Waals surface area (Å²) in [6.07, 6.45) is -10.1. The van der Waals surface area contributed by atoms with E-state index in [9.17, 15) is 39.0 Å². The summed E-state index contributed by atoms with van der Waals surface area (Å²) in [5.74, 6) is -5.09. The molecule has 4 heterocycles. The van der Waals surface area contributed by atoms with Gasteiger partial charge in [0.2, 0.25) is 5.41 Å². The van der Waals surface area contributed by atoms with Crippen molar-refractivity contribution in [3.8, 4) is 40.4 Å². The minimum absolute atomic E-state index is 0.0922. The number of nitrogens with zero attached hydrogens (tertiary/aromatic N) is 4. The monoisotopic (exact) mass is 970 g/mol. The minimum Gasteiger partial charge on any atom is -0.494 e. The van der Waals surface area contributed by atoms with Crippen molar-refractivity contribution in [2.24, 2.45) is 0 Å². The molecule has 14 nitrogen and oxygen atoms in total. The lowest BCUT2D eigenvalue weighted by molar-refractivity contribution is -0.288. The zero-order valence-electron chi connectivity index (χ0n) is 35.7. The number of rotatable bonds is 10. The summed E-state index contributed by atoms with van der Waals surface area (Å²) in [5.41, 5.74) is -9.90. The first-order valence-electron chi connectivity index (χ1n) is 20.9. The Kier molecular flexibility index (Phi) is 10.4. The maximum Gasteiger partial charge on any atom is 0.411 e. The first-order chi connectivity index (χ1) is 33.8. The maximum absolute atomic E-state index is 15.5. The normalized spacial score (nSPS) is 14.8. The topological polar surface area (TPSA) is 176 Å². The van der Waals surface area contributed by atoms with Crippen molar-refractivity contribution in [3.05, 3.63) is 191 Å². The standard InChI is InChI=1S/C51H28F6N4O10/c52-50(53,54)49(51(55,56)57,27-1-19-37-39(25-27)47(68)60(45(37)66)31-7-15-35(16-8-31)70-33-11-3-29(4-12-33)58-41(62)21-22-42(58)63)28-2-20-38-40(26-28)48(69)61(46(38)67)32-9-17-36(18-10-32)71-34-13-5-30(6-14-34)59-43(64)23-24-44(59)65/h1-26,62-63H. The number of carbonyl (C=O) groups excluding carboxylic acids is 6. The molecule has 0 unspecified atom stereocenters. The molecule has 2 N–H and O–H groups in total. The third-order valence-electron chi connectivity index (χ3n) is 12.0. The molecule has 0 radical (unpaired) electrons. The Morgan fingerprint density at radius 2 is 0.676 bits per heavy atom. The predicted octanol–water partition coefficient (Wildman–Crippen LogP) is 9.91. The van der Waals surface area contributed by atoms with Gasteiger partial charge in [-0.05, 0) is 132 Å². The van der Waals surface area contributed by atoms with E-state index in [4.69, 9.17) is 9.47 Å². The Morgan fingerprint density at radius 1 is 0.366 bits per heavy atom. The molecule has 20 heteroatoms. The van der Waals surface area contributed by atoms with Crippen molar-refractivity contribution >= 4 is 52.5 Å². The van der Waals surface area contributed by atoms with Gasteiger partial charge >= 0.3 is 12.4 Å². The smallest absolute Gasteiger partial charge is 0.411 e. The Bertz CT molecular complexity index is 3390. The van der Waals surface area contributed by atoms with E-state index in [1.807, 2.05) is 0 Å². The van der Waals surface area contributed by atoms with Gasteiger partial charge in [0.1, 0.15) is 23.0 Å². The number of benzene rings is 6. The summed E-state index contributed by atoms with van der Waals surface area (Å²) in [4.78, 5) is 80.9. The number of halogens is 6. The van der Waals surface area contributed by atoms with Crippen molar-refractivity contribution < 1.29 is 74.8 Å².